The van der Waals surface area contributed by atoms with E-state index in [0.29, 0.717) is 5.78 Å². The van der Waals surface area contributed by atoms with E-state index in [4.69, 9.17) is 0 Å². The van der Waals surface area contributed by atoms with E-state index in [2.05, 4.69) is 25.1 Å². The van der Waals surface area contributed by atoms with Crippen molar-refractivity contribution in [1.82, 2.24) is 0 Å². The molecule has 1 aliphatic carbocycles. The molecule has 0 amide bonds. The van der Waals surface area contributed by atoms with Gasteiger partial charge >= 0.3 is 0 Å². The Hall–Kier alpha value is -1.02. The van der Waals surface area contributed by atoms with Gasteiger partial charge in [0.2, 0.25) is 0 Å². The van der Waals surface area contributed by atoms with E-state index >= 15 is 0 Å². The number of allylic oxidation sites excluding steroid dienone is 1. The number of hydrogen-bond acceptors (Lipinski definition) is 2. The minimum Gasteiger partial charge on any atom is -0.295 e. The molecule has 1 unspecified atom stereocenters. The minimum absolute atomic E-state index is 0.231. The van der Waals surface area contributed by atoms with Crippen molar-refractivity contribution in [3.05, 3.63) is 47.5 Å². The number of carbonyl (C=O) groups is 1. The van der Waals surface area contributed by atoms with Gasteiger partial charge < -0.3 is 0 Å². The quantitative estimate of drug-likeness (QED) is 0.793. The van der Waals surface area contributed by atoms with E-state index < -0.39 is 0 Å². The van der Waals surface area contributed by atoms with E-state index in [9.17, 15) is 4.79 Å². The summed E-state index contributed by atoms with van der Waals surface area (Å²) in [4.78, 5) is 12.0. The summed E-state index contributed by atoms with van der Waals surface area (Å²) in [6, 6.07) is 10.4. The van der Waals surface area contributed by atoms with Crippen LogP contribution in [-0.2, 0) is 4.79 Å². The summed E-state index contributed by atoms with van der Waals surface area (Å²) >= 11 is 1.85. The van der Waals surface area contributed by atoms with Crippen molar-refractivity contribution in [2.24, 2.45) is 0 Å². The summed E-state index contributed by atoms with van der Waals surface area (Å²) in [5.74, 6) is 1.37. The number of ketones is 1. The Labute approximate surface area is 107 Å². The molecule has 2 rings (SSSR count). The first-order valence-electron chi connectivity index (χ1n) is 6.22. The van der Waals surface area contributed by atoms with E-state index in [-0.39, 0.29) is 5.25 Å². The second kappa shape index (κ2) is 6.06. The predicted molar refractivity (Wildman–Crippen MR) is 74.3 cm³/mol. The highest BCUT2D eigenvalue weighted by Gasteiger charge is 2.23. The average Bonchev–Trinajstić information content (AvgIpc) is 2.38. The Morgan fingerprint density at radius 1 is 1.29 bits per heavy atom. The molecule has 90 valence electrons. The average molecular weight is 246 g/mol. The molecule has 1 nitrogen and oxygen atoms in total. The zero-order chi connectivity index (χ0) is 12.1. The third-order valence-electron chi connectivity index (χ3n) is 3.01. The highest BCUT2D eigenvalue weighted by Crippen LogP contribution is 2.38. The van der Waals surface area contributed by atoms with Gasteiger partial charge in [0.15, 0.2) is 5.78 Å². The second-order valence-corrected chi connectivity index (χ2v) is 5.60. The molecule has 2 heteroatoms. The lowest BCUT2D eigenvalue weighted by Crippen LogP contribution is -2.13. The van der Waals surface area contributed by atoms with Gasteiger partial charge in [-0.3, -0.25) is 4.79 Å². The van der Waals surface area contributed by atoms with Crippen LogP contribution in [0.4, 0.5) is 0 Å². The zero-order valence-electron chi connectivity index (χ0n) is 10.2. The summed E-state index contributed by atoms with van der Waals surface area (Å²) in [5, 5.41) is 0.231. The molecule has 0 bridgehead atoms. The fraction of sp³-hybridized carbons (Fsp3) is 0.400. The fourth-order valence-corrected chi connectivity index (χ4v) is 3.28. The molecule has 0 fully saturated rings. The first-order chi connectivity index (χ1) is 8.33. The van der Waals surface area contributed by atoms with Crippen LogP contribution in [0.25, 0.3) is 0 Å². The van der Waals surface area contributed by atoms with Gasteiger partial charge in [-0.1, -0.05) is 43.3 Å². The lowest BCUT2D eigenvalue weighted by Gasteiger charge is -2.21. The maximum Gasteiger partial charge on any atom is 0.160 e. The van der Waals surface area contributed by atoms with E-state index in [1.165, 1.54) is 5.56 Å². The first kappa shape index (κ1) is 12.4. The second-order valence-electron chi connectivity index (χ2n) is 4.22. The standard InChI is InChI=1S/C15H18OS/c1-2-17-15(12-8-4-3-5-9-12)13-10-6-7-11-14(13)16/h3-5,8-10,15H,2,6-7,11H2,1H3. The minimum atomic E-state index is 0.231. The van der Waals surface area contributed by atoms with Crippen LogP contribution in [0.5, 0.6) is 0 Å². The lowest BCUT2D eigenvalue weighted by atomic mass is 9.92. The molecule has 0 spiro atoms. The van der Waals surface area contributed by atoms with Crippen LogP contribution in [0.2, 0.25) is 0 Å². The largest absolute Gasteiger partial charge is 0.295 e. The summed E-state index contributed by atoms with van der Waals surface area (Å²) in [6.07, 6.45) is 4.93. The van der Waals surface area contributed by atoms with Gasteiger partial charge in [0.1, 0.15) is 0 Å². The van der Waals surface area contributed by atoms with Gasteiger partial charge in [0, 0.05) is 12.0 Å². The number of hydrogen-bond donors (Lipinski definition) is 0. The molecule has 1 aromatic carbocycles. The number of rotatable bonds is 4. The van der Waals surface area contributed by atoms with Crippen LogP contribution in [-0.4, -0.2) is 11.5 Å². The van der Waals surface area contributed by atoms with Crippen LogP contribution in [0.1, 0.15) is 37.0 Å². The molecule has 0 heterocycles. The Balaban J connectivity index is 2.29. The summed E-state index contributed by atoms with van der Waals surface area (Å²) in [7, 11) is 0. The molecule has 0 radical (unpaired) electrons. The van der Waals surface area contributed by atoms with Gasteiger partial charge in [0.25, 0.3) is 0 Å². The van der Waals surface area contributed by atoms with Gasteiger partial charge in [-0.15, -0.1) is 11.8 Å². The zero-order valence-corrected chi connectivity index (χ0v) is 11.0. The highest BCUT2D eigenvalue weighted by molar-refractivity contribution is 7.99. The molecule has 1 atom stereocenters. The van der Waals surface area contributed by atoms with Crippen LogP contribution in [0.15, 0.2) is 42.0 Å². The summed E-state index contributed by atoms with van der Waals surface area (Å²) in [6.45, 7) is 2.15. The van der Waals surface area contributed by atoms with Crippen molar-refractivity contribution in [1.29, 1.82) is 0 Å². The molecule has 17 heavy (non-hydrogen) atoms. The predicted octanol–water partition coefficient (Wildman–Crippen LogP) is 4.16. The molecule has 1 aliphatic rings. The van der Waals surface area contributed by atoms with Crippen molar-refractivity contribution < 1.29 is 4.79 Å². The normalized spacial score (nSPS) is 17.7. The third kappa shape index (κ3) is 3.01. The van der Waals surface area contributed by atoms with Gasteiger partial charge in [-0.05, 0) is 24.2 Å². The summed E-state index contributed by atoms with van der Waals surface area (Å²) in [5.41, 5.74) is 2.27. The molecule has 0 saturated heterocycles. The Kier molecular flexibility index (Phi) is 4.43. The van der Waals surface area contributed by atoms with Crippen LogP contribution >= 0.6 is 11.8 Å². The molecular weight excluding hydrogens is 228 g/mol. The van der Waals surface area contributed by atoms with Crippen molar-refractivity contribution >= 4 is 17.5 Å². The number of thioether (sulfide) groups is 1. The number of carbonyl (C=O) groups excluding carboxylic acids is 1. The van der Waals surface area contributed by atoms with Crippen molar-refractivity contribution in [3.63, 3.8) is 0 Å². The Morgan fingerprint density at radius 3 is 2.71 bits per heavy atom. The molecule has 1 aromatic rings. The SMILES string of the molecule is CCSC(C1=CCCCC1=O)c1ccccc1. The van der Waals surface area contributed by atoms with Crippen molar-refractivity contribution in [3.8, 4) is 0 Å². The van der Waals surface area contributed by atoms with Crippen LogP contribution in [0, 0.1) is 0 Å². The first-order valence-corrected chi connectivity index (χ1v) is 7.27. The fourth-order valence-electron chi connectivity index (χ4n) is 2.19. The molecule has 0 N–H and O–H groups in total. The van der Waals surface area contributed by atoms with Gasteiger partial charge in [0.05, 0.1) is 5.25 Å². The van der Waals surface area contributed by atoms with Crippen molar-refractivity contribution in [2.45, 2.75) is 31.4 Å². The molecule has 0 aromatic heterocycles. The van der Waals surface area contributed by atoms with Crippen LogP contribution < -0.4 is 0 Å². The molecule has 0 saturated carbocycles. The monoisotopic (exact) mass is 246 g/mol. The maximum atomic E-state index is 12.0. The van der Waals surface area contributed by atoms with E-state index in [0.717, 1.165) is 30.6 Å². The number of Topliss-reactive ketones (excluding diaryl/α,β-unsaturated/α-hetero) is 1. The lowest BCUT2D eigenvalue weighted by molar-refractivity contribution is -0.116. The summed E-state index contributed by atoms with van der Waals surface area (Å²) < 4.78 is 0. The van der Waals surface area contributed by atoms with Crippen LogP contribution in [0.3, 0.4) is 0 Å². The Morgan fingerprint density at radius 2 is 2.06 bits per heavy atom. The van der Waals surface area contributed by atoms with E-state index in [1.807, 2.05) is 30.0 Å². The van der Waals surface area contributed by atoms with Gasteiger partial charge in [-0.25, -0.2) is 0 Å². The van der Waals surface area contributed by atoms with Gasteiger partial charge in [-0.2, -0.15) is 0 Å². The van der Waals surface area contributed by atoms with Crippen molar-refractivity contribution in [2.75, 3.05) is 5.75 Å². The molecular formula is C15H18OS. The Bertz CT molecular complexity index is 408. The topological polar surface area (TPSA) is 17.1 Å². The number of benzene rings is 1. The molecule has 0 aliphatic heterocycles. The third-order valence-corrected chi connectivity index (χ3v) is 4.21. The van der Waals surface area contributed by atoms with E-state index in [1.54, 1.807) is 0 Å². The smallest absolute Gasteiger partial charge is 0.160 e. The maximum absolute atomic E-state index is 12.0. The highest BCUT2D eigenvalue weighted by atomic mass is 32.2.